The molecule has 1 atom stereocenters. The summed E-state index contributed by atoms with van der Waals surface area (Å²) in [4.78, 5) is 4.06. The Labute approximate surface area is 121 Å². The summed E-state index contributed by atoms with van der Waals surface area (Å²) >= 11 is 0. The smallest absolute Gasteiger partial charge is 0.0300 e. The number of benzene rings is 1. The maximum absolute atomic E-state index is 6.44. The van der Waals surface area contributed by atoms with Gasteiger partial charge in [-0.2, -0.15) is 0 Å². The van der Waals surface area contributed by atoms with Crippen LogP contribution in [0.4, 0.5) is 0 Å². The molecule has 0 amide bonds. The summed E-state index contributed by atoms with van der Waals surface area (Å²) in [5, 5.41) is 0. The molecule has 1 heterocycles. The third kappa shape index (κ3) is 2.91. The van der Waals surface area contributed by atoms with Gasteiger partial charge in [-0.25, -0.2) is 0 Å². The predicted molar refractivity (Wildman–Crippen MR) is 82.5 cm³/mol. The van der Waals surface area contributed by atoms with Gasteiger partial charge in [-0.05, 0) is 60.4 Å². The van der Waals surface area contributed by atoms with Gasteiger partial charge in [0, 0.05) is 18.4 Å². The summed E-state index contributed by atoms with van der Waals surface area (Å²) in [6.07, 6.45) is 9.73. The second kappa shape index (κ2) is 6.19. The average molecular weight is 266 g/mol. The standard InChI is InChI=1S/C18H22N2/c19-18(9-8-14-10-12-20-13-11-14)17-7-2-1-6-16(17)15-4-3-5-15/h1-2,6-7,10-13,15,18H,3-5,8-9,19H2. The monoisotopic (exact) mass is 266 g/mol. The van der Waals surface area contributed by atoms with Crippen molar-refractivity contribution in [1.29, 1.82) is 0 Å². The fourth-order valence-electron chi connectivity index (χ4n) is 2.97. The molecule has 1 fully saturated rings. The van der Waals surface area contributed by atoms with E-state index in [0.29, 0.717) is 0 Å². The quantitative estimate of drug-likeness (QED) is 0.889. The molecule has 0 saturated heterocycles. The number of hydrogen-bond acceptors (Lipinski definition) is 2. The second-order valence-corrected chi connectivity index (χ2v) is 5.76. The second-order valence-electron chi connectivity index (χ2n) is 5.76. The first-order valence-corrected chi connectivity index (χ1v) is 7.58. The molecule has 2 heteroatoms. The molecule has 1 aromatic heterocycles. The van der Waals surface area contributed by atoms with Crippen LogP contribution in [0, 0.1) is 0 Å². The SMILES string of the molecule is NC(CCc1ccncc1)c1ccccc1C1CCC1. The van der Waals surface area contributed by atoms with Crippen molar-refractivity contribution >= 4 is 0 Å². The van der Waals surface area contributed by atoms with E-state index in [9.17, 15) is 0 Å². The van der Waals surface area contributed by atoms with E-state index in [0.717, 1.165) is 18.8 Å². The Morgan fingerprint density at radius 1 is 1.10 bits per heavy atom. The third-order valence-corrected chi connectivity index (χ3v) is 4.43. The van der Waals surface area contributed by atoms with Crippen LogP contribution in [0.1, 0.15) is 54.3 Å². The topological polar surface area (TPSA) is 38.9 Å². The highest BCUT2D eigenvalue weighted by atomic mass is 14.6. The number of hydrogen-bond donors (Lipinski definition) is 1. The zero-order valence-corrected chi connectivity index (χ0v) is 11.8. The Morgan fingerprint density at radius 2 is 1.85 bits per heavy atom. The maximum atomic E-state index is 6.44. The van der Waals surface area contributed by atoms with Crippen molar-refractivity contribution in [3.05, 3.63) is 65.5 Å². The van der Waals surface area contributed by atoms with E-state index >= 15 is 0 Å². The van der Waals surface area contributed by atoms with Crippen molar-refractivity contribution in [2.75, 3.05) is 0 Å². The van der Waals surface area contributed by atoms with Gasteiger partial charge in [-0.3, -0.25) is 4.98 Å². The van der Waals surface area contributed by atoms with Gasteiger partial charge in [-0.15, -0.1) is 0 Å². The van der Waals surface area contributed by atoms with Crippen LogP contribution in [0.3, 0.4) is 0 Å². The number of aromatic nitrogens is 1. The highest BCUT2D eigenvalue weighted by Gasteiger charge is 2.23. The lowest BCUT2D eigenvalue weighted by molar-refractivity contribution is 0.414. The normalized spacial score (nSPS) is 16.6. The fourth-order valence-corrected chi connectivity index (χ4v) is 2.97. The molecule has 2 aromatic rings. The summed E-state index contributed by atoms with van der Waals surface area (Å²) in [5.74, 6) is 0.748. The molecule has 1 aliphatic rings. The van der Waals surface area contributed by atoms with Gasteiger partial charge in [0.15, 0.2) is 0 Å². The highest BCUT2D eigenvalue weighted by Crippen LogP contribution is 2.39. The molecule has 0 bridgehead atoms. The number of aryl methyl sites for hydroxylation is 1. The molecule has 2 nitrogen and oxygen atoms in total. The lowest BCUT2D eigenvalue weighted by atomic mass is 9.77. The number of rotatable bonds is 5. The first-order valence-electron chi connectivity index (χ1n) is 7.58. The molecule has 0 spiro atoms. The van der Waals surface area contributed by atoms with Crippen LogP contribution in [0.15, 0.2) is 48.8 Å². The van der Waals surface area contributed by atoms with E-state index in [1.807, 2.05) is 12.4 Å². The fraction of sp³-hybridized carbons (Fsp3) is 0.389. The highest BCUT2D eigenvalue weighted by molar-refractivity contribution is 5.34. The van der Waals surface area contributed by atoms with Crippen molar-refractivity contribution in [3.8, 4) is 0 Å². The van der Waals surface area contributed by atoms with Crippen molar-refractivity contribution in [3.63, 3.8) is 0 Å². The molecule has 1 unspecified atom stereocenters. The molecule has 0 radical (unpaired) electrons. The van der Waals surface area contributed by atoms with Crippen molar-refractivity contribution in [2.24, 2.45) is 5.73 Å². The molecule has 1 saturated carbocycles. The Hall–Kier alpha value is -1.67. The van der Waals surface area contributed by atoms with Gasteiger partial charge in [0.05, 0.1) is 0 Å². The van der Waals surface area contributed by atoms with Crippen LogP contribution in [0.2, 0.25) is 0 Å². The Kier molecular flexibility index (Phi) is 4.12. The zero-order chi connectivity index (χ0) is 13.8. The Bertz CT molecular complexity index is 546. The Morgan fingerprint density at radius 3 is 2.55 bits per heavy atom. The Balaban J connectivity index is 1.69. The van der Waals surface area contributed by atoms with E-state index in [2.05, 4.69) is 41.4 Å². The molecule has 1 aromatic carbocycles. The number of pyridine rings is 1. The minimum atomic E-state index is 0.139. The van der Waals surface area contributed by atoms with Crippen LogP contribution in [-0.2, 0) is 6.42 Å². The summed E-state index contributed by atoms with van der Waals surface area (Å²) in [7, 11) is 0. The first-order chi connectivity index (χ1) is 9.84. The summed E-state index contributed by atoms with van der Waals surface area (Å²) in [6, 6.07) is 13.0. The van der Waals surface area contributed by atoms with E-state index in [1.54, 1.807) is 0 Å². The maximum Gasteiger partial charge on any atom is 0.0300 e. The van der Waals surface area contributed by atoms with Gasteiger partial charge >= 0.3 is 0 Å². The largest absolute Gasteiger partial charge is 0.324 e. The van der Waals surface area contributed by atoms with Crippen LogP contribution in [0.25, 0.3) is 0 Å². The van der Waals surface area contributed by atoms with Gasteiger partial charge in [-0.1, -0.05) is 30.7 Å². The van der Waals surface area contributed by atoms with Crippen molar-refractivity contribution in [2.45, 2.75) is 44.1 Å². The molecule has 2 N–H and O–H groups in total. The van der Waals surface area contributed by atoms with Crippen molar-refractivity contribution in [1.82, 2.24) is 4.98 Å². The summed E-state index contributed by atoms with van der Waals surface area (Å²) < 4.78 is 0. The molecule has 104 valence electrons. The van der Waals surface area contributed by atoms with Crippen LogP contribution in [0.5, 0.6) is 0 Å². The zero-order valence-electron chi connectivity index (χ0n) is 11.8. The summed E-state index contributed by atoms with van der Waals surface area (Å²) in [5.41, 5.74) is 10.6. The van der Waals surface area contributed by atoms with Crippen molar-refractivity contribution < 1.29 is 0 Å². The molecule has 3 rings (SSSR count). The van der Waals surface area contributed by atoms with E-state index in [1.165, 1.54) is 36.0 Å². The van der Waals surface area contributed by atoms with E-state index < -0.39 is 0 Å². The van der Waals surface area contributed by atoms with E-state index in [-0.39, 0.29) is 6.04 Å². The molecular weight excluding hydrogens is 244 g/mol. The lowest BCUT2D eigenvalue weighted by Gasteiger charge is -2.29. The number of nitrogens with two attached hydrogens (primary N) is 1. The average Bonchev–Trinajstić information content (AvgIpc) is 2.45. The van der Waals surface area contributed by atoms with Gasteiger partial charge in [0.1, 0.15) is 0 Å². The van der Waals surface area contributed by atoms with E-state index in [4.69, 9.17) is 5.73 Å². The van der Waals surface area contributed by atoms with Gasteiger partial charge in [0.25, 0.3) is 0 Å². The van der Waals surface area contributed by atoms with Gasteiger partial charge < -0.3 is 5.73 Å². The number of nitrogens with zero attached hydrogens (tertiary/aromatic N) is 1. The first kappa shape index (κ1) is 13.3. The lowest BCUT2D eigenvalue weighted by Crippen LogP contribution is -2.18. The molecule has 20 heavy (non-hydrogen) atoms. The third-order valence-electron chi connectivity index (χ3n) is 4.43. The predicted octanol–water partition coefficient (Wildman–Crippen LogP) is 3.98. The van der Waals surface area contributed by atoms with Crippen LogP contribution < -0.4 is 5.73 Å². The van der Waals surface area contributed by atoms with Crippen LogP contribution >= 0.6 is 0 Å². The molecular formula is C18H22N2. The minimum Gasteiger partial charge on any atom is -0.324 e. The molecule has 1 aliphatic carbocycles. The van der Waals surface area contributed by atoms with Gasteiger partial charge in [0.2, 0.25) is 0 Å². The minimum absolute atomic E-state index is 0.139. The van der Waals surface area contributed by atoms with Crippen LogP contribution in [-0.4, -0.2) is 4.98 Å². The summed E-state index contributed by atoms with van der Waals surface area (Å²) in [6.45, 7) is 0. The molecule has 0 aliphatic heterocycles.